The maximum absolute atomic E-state index is 10.1. The number of aliphatic hydroxyl groups excluding tert-OH is 1. The number of nitrogens with one attached hydrogen (secondary N) is 1. The summed E-state index contributed by atoms with van der Waals surface area (Å²) >= 11 is 0. The molecule has 3 fully saturated rings. The Morgan fingerprint density at radius 3 is 2.68 bits per heavy atom. The molecule has 4 aliphatic carbocycles. The third-order valence-electron chi connectivity index (χ3n) is 8.80. The average molecular weight is 380 g/mol. The molecule has 0 aromatic carbocycles. The molecule has 0 bridgehead atoms. The first-order valence-electron chi connectivity index (χ1n) is 11.1. The van der Waals surface area contributed by atoms with Crippen LogP contribution in [0.15, 0.2) is 41.1 Å². The minimum atomic E-state index is -0.212. The topological polar surface area (TPSA) is 57.5 Å². The Morgan fingerprint density at radius 1 is 1.04 bits per heavy atom. The van der Waals surface area contributed by atoms with Crippen LogP contribution in [0.25, 0.3) is 0 Å². The molecule has 4 nitrogen and oxygen atoms in total. The lowest BCUT2D eigenvalue weighted by atomic mass is 9.47. The molecular formula is C24H33N3O. The molecule has 4 heteroatoms. The van der Waals surface area contributed by atoms with Gasteiger partial charge in [-0.25, -0.2) is 4.98 Å². The number of hydrazone groups is 1. The van der Waals surface area contributed by atoms with Crippen molar-refractivity contribution in [3.8, 4) is 0 Å². The highest BCUT2D eigenvalue weighted by atomic mass is 16.3. The molecule has 150 valence electrons. The molecule has 28 heavy (non-hydrogen) atoms. The van der Waals surface area contributed by atoms with Gasteiger partial charge in [-0.1, -0.05) is 31.6 Å². The van der Waals surface area contributed by atoms with Gasteiger partial charge in [0.25, 0.3) is 0 Å². The van der Waals surface area contributed by atoms with Gasteiger partial charge in [0.1, 0.15) is 5.82 Å². The first-order valence-corrected chi connectivity index (χ1v) is 11.1. The Bertz CT molecular complexity index is 803. The smallest absolute Gasteiger partial charge is 0.146 e. The van der Waals surface area contributed by atoms with E-state index in [1.807, 2.05) is 24.4 Å². The number of pyridine rings is 1. The monoisotopic (exact) mass is 379 g/mol. The highest BCUT2D eigenvalue weighted by Crippen LogP contribution is 2.64. The third kappa shape index (κ3) is 2.75. The van der Waals surface area contributed by atoms with Crippen LogP contribution in [0.5, 0.6) is 0 Å². The highest BCUT2D eigenvalue weighted by molar-refractivity contribution is 5.92. The summed E-state index contributed by atoms with van der Waals surface area (Å²) < 4.78 is 0. The fraction of sp³-hybridized carbons (Fsp3) is 0.667. The van der Waals surface area contributed by atoms with Crippen molar-refractivity contribution in [2.45, 2.75) is 71.3 Å². The molecule has 0 unspecified atom stereocenters. The Kier molecular flexibility index (Phi) is 4.38. The second-order valence-corrected chi connectivity index (χ2v) is 10.0. The van der Waals surface area contributed by atoms with Crippen LogP contribution < -0.4 is 5.43 Å². The van der Waals surface area contributed by atoms with E-state index in [9.17, 15) is 5.11 Å². The van der Waals surface area contributed by atoms with Gasteiger partial charge in [0.15, 0.2) is 0 Å². The molecule has 0 radical (unpaired) electrons. The second kappa shape index (κ2) is 6.69. The standard InChI is InChI=1S/C24H33N3O/c1-23-12-10-17(28)15-16(23)6-7-18-19-8-9-21(24(19,2)13-11-20(18)23)26-27-22-5-3-4-14-25-22/h3-5,14-15,17-20,28H,6-13H2,1-2H3,(H,25,27)/b26-21+/t17-,18-,19-,20-,23-,24-/m0/s1. The lowest BCUT2D eigenvalue weighted by Crippen LogP contribution is -2.50. The van der Waals surface area contributed by atoms with Crippen molar-refractivity contribution in [1.82, 2.24) is 4.98 Å². The van der Waals surface area contributed by atoms with Gasteiger partial charge in [0.05, 0.1) is 6.10 Å². The Labute approximate surface area is 168 Å². The number of hydrogen-bond acceptors (Lipinski definition) is 4. The molecule has 1 aromatic rings. The molecule has 0 spiro atoms. The summed E-state index contributed by atoms with van der Waals surface area (Å²) in [5, 5.41) is 15.0. The molecule has 0 amide bonds. The molecule has 0 saturated heterocycles. The minimum absolute atomic E-state index is 0.212. The van der Waals surface area contributed by atoms with E-state index in [1.165, 1.54) is 37.8 Å². The van der Waals surface area contributed by atoms with Gasteiger partial charge in [-0.05, 0) is 86.7 Å². The number of aliphatic hydroxyl groups is 1. The molecular weight excluding hydrogens is 346 g/mol. The number of rotatable bonds is 2. The van der Waals surface area contributed by atoms with Gasteiger partial charge in [-0.2, -0.15) is 5.10 Å². The normalized spacial score (nSPS) is 43.7. The second-order valence-electron chi connectivity index (χ2n) is 10.0. The van der Waals surface area contributed by atoms with E-state index < -0.39 is 0 Å². The largest absolute Gasteiger partial charge is 0.389 e. The number of fused-ring (bicyclic) bond motifs is 5. The van der Waals surface area contributed by atoms with Crippen molar-refractivity contribution in [3.05, 3.63) is 36.0 Å². The van der Waals surface area contributed by atoms with Gasteiger partial charge in [0.2, 0.25) is 0 Å². The lowest BCUT2D eigenvalue weighted by Gasteiger charge is -2.57. The molecule has 2 N–H and O–H groups in total. The van der Waals surface area contributed by atoms with Crippen LogP contribution in [-0.4, -0.2) is 21.9 Å². The van der Waals surface area contributed by atoms with Gasteiger partial charge < -0.3 is 5.11 Å². The molecule has 4 aliphatic rings. The van der Waals surface area contributed by atoms with E-state index >= 15 is 0 Å². The quantitative estimate of drug-likeness (QED) is 0.550. The van der Waals surface area contributed by atoms with Crippen LogP contribution in [0.1, 0.15) is 65.2 Å². The fourth-order valence-corrected chi connectivity index (χ4v) is 7.24. The Balaban J connectivity index is 1.39. The zero-order chi connectivity index (χ0) is 19.4. The van der Waals surface area contributed by atoms with Gasteiger partial charge in [0, 0.05) is 17.3 Å². The first-order chi connectivity index (χ1) is 13.5. The summed E-state index contributed by atoms with van der Waals surface area (Å²) in [4.78, 5) is 4.35. The lowest BCUT2D eigenvalue weighted by molar-refractivity contribution is -0.0250. The summed E-state index contributed by atoms with van der Waals surface area (Å²) in [6.07, 6.45) is 13.3. The summed E-state index contributed by atoms with van der Waals surface area (Å²) in [6.45, 7) is 4.97. The van der Waals surface area contributed by atoms with Crippen molar-refractivity contribution in [3.63, 3.8) is 0 Å². The van der Waals surface area contributed by atoms with Crippen molar-refractivity contribution >= 4 is 11.5 Å². The van der Waals surface area contributed by atoms with Crippen LogP contribution in [0.3, 0.4) is 0 Å². The van der Waals surface area contributed by atoms with Gasteiger partial charge in [-0.15, -0.1) is 0 Å². The predicted molar refractivity (Wildman–Crippen MR) is 113 cm³/mol. The van der Waals surface area contributed by atoms with E-state index in [0.717, 1.165) is 42.8 Å². The Morgan fingerprint density at radius 2 is 1.86 bits per heavy atom. The van der Waals surface area contributed by atoms with Crippen molar-refractivity contribution in [1.29, 1.82) is 0 Å². The molecule has 0 aliphatic heterocycles. The first kappa shape index (κ1) is 18.4. The average Bonchev–Trinajstić information content (AvgIpc) is 3.04. The van der Waals surface area contributed by atoms with Crippen LogP contribution in [-0.2, 0) is 0 Å². The number of aromatic nitrogens is 1. The fourth-order valence-electron chi connectivity index (χ4n) is 7.24. The van der Waals surface area contributed by atoms with Crippen LogP contribution in [0.2, 0.25) is 0 Å². The van der Waals surface area contributed by atoms with Crippen LogP contribution in [0.4, 0.5) is 5.82 Å². The maximum Gasteiger partial charge on any atom is 0.146 e. The number of nitrogens with zero attached hydrogens (tertiary/aromatic N) is 2. The van der Waals surface area contributed by atoms with Crippen LogP contribution in [0, 0.1) is 28.6 Å². The summed E-state index contributed by atoms with van der Waals surface area (Å²) in [5.74, 6) is 3.16. The van der Waals surface area contributed by atoms with E-state index in [2.05, 4.69) is 30.3 Å². The number of anilines is 1. The summed E-state index contributed by atoms with van der Waals surface area (Å²) in [6, 6.07) is 5.90. The Hall–Kier alpha value is -1.68. The number of hydrogen-bond donors (Lipinski definition) is 2. The maximum atomic E-state index is 10.1. The molecule has 3 saturated carbocycles. The third-order valence-corrected chi connectivity index (χ3v) is 8.80. The van der Waals surface area contributed by atoms with E-state index in [4.69, 9.17) is 5.10 Å². The van der Waals surface area contributed by atoms with E-state index in [1.54, 1.807) is 5.57 Å². The van der Waals surface area contributed by atoms with Gasteiger partial charge in [-0.3, -0.25) is 5.43 Å². The molecule has 1 aromatic heterocycles. The molecule has 6 atom stereocenters. The molecule has 1 heterocycles. The highest BCUT2D eigenvalue weighted by Gasteiger charge is 2.58. The number of allylic oxidation sites excluding steroid dienone is 1. The predicted octanol–water partition coefficient (Wildman–Crippen LogP) is 5.17. The summed E-state index contributed by atoms with van der Waals surface area (Å²) in [5.41, 5.74) is 6.67. The van der Waals surface area contributed by atoms with Crippen molar-refractivity contribution in [2.75, 3.05) is 5.43 Å². The summed E-state index contributed by atoms with van der Waals surface area (Å²) in [7, 11) is 0. The SMILES string of the molecule is C[C@]12CC[C@H](O)C=C1CC[C@@H]1[C@@H]2CC[C@]2(C)/C(=N/Nc3ccccn3)CC[C@@H]12. The zero-order valence-corrected chi connectivity index (χ0v) is 17.2. The van der Waals surface area contributed by atoms with Crippen LogP contribution >= 0.6 is 0 Å². The molecule has 5 rings (SSSR count). The van der Waals surface area contributed by atoms with E-state index in [-0.39, 0.29) is 11.5 Å². The minimum Gasteiger partial charge on any atom is -0.389 e. The van der Waals surface area contributed by atoms with E-state index in [0.29, 0.717) is 5.41 Å². The van der Waals surface area contributed by atoms with Gasteiger partial charge >= 0.3 is 0 Å². The van der Waals surface area contributed by atoms with Crippen molar-refractivity contribution in [2.24, 2.45) is 33.7 Å². The zero-order valence-electron chi connectivity index (χ0n) is 17.2. The van der Waals surface area contributed by atoms with Crippen molar-refractivity contribution < 1.29 is 5.11 Å².